The molecule has 3 nitrogen and oxygen atoms in total. The molecule has 1 rings (SSSR count). The number of hydrogen-bond acceptors (Lipinski definition) is 2. The van der Waals surface area contributed by atoms with Crippen molar-refractivity contribution in [3.05, 3.63) is 0 Å². The maximum absolute atomic E-state index is 12.1. The molecule has 1 fully saturated rings. The van der Waals surface area contributed by atoms with Crippen LogP contribution in [0.3, 0.4) is 0 Å². The Morgan fingerprint density at radius 3 is 2.53 bits per heavy atom. The molecule has 0 aromatic rings. The quantitative estimate of drug-likeness (QED) is 0.654. The largest absolute Gasteiger partial charge is 0.333 e. The highest BCUT2D eigenvalue weighted by molar-refractivity contribution is 5.82. The highest BCUT2D eigenvalue weighted by Gasteiger charge is 2.35. The average Bonchev–Trinajstić information content (AvgIpc) is 2.61. The van der Waals surface area contributed by atoms with Crippen LogP contribution in [-0.4, -0.2) is 29.7 Å². The lowest BCUT2D eigenvalue weighted by atomic mass is 9.81. The average molecular weight is 211 g/mol. The third-order valence-electron chi connectivity index (χ3n) is 3.41. The first-order chi connectivity index (χ1) is 6.88. The van der Waals surface area contributed by atoms with Gasteiger partial charge in [-0.1, -0.05) is 27.7 Å². The van der Waals surface area contributed by atoms with Gasteiger partial charge >= 0.3 is 0 Å². The lowest BCUT2D eigenvalue weighted by Gasteiger charge is -2.31. The summed E-state index contributed by atoms with van der Waals surface area (Å²) < 4.78 is 0. The van der Waals surface area contributed by atoms with E-state index in [9.17, 15) is 9.59 Å². The van der Waals surface area contributed by atoms with E-state index in [1.165, 1.54) is 0 Å². The van der Waals surface area contributed by atoms with Crippen LogP contribution in [0.4, 0.5) is 0 Å². The molecule has 15 heavy (non-hydrogen) atoms. The van der Waals surface area contributed by atoms with Crippen molar-refractivity contribution in [1.29, 1.82) is 0 Å². The zero-order chi connectivity index (χ0) is 11.6. The van der Waals surface area contributed by atoms with Gasteiger partial charge in [0.1, 0.15) is 6.29 Å². The van der Waals surface area contributed by atoms with Gasteiger partial charge in [0.05, 0.1) is 6.04 Å². The van der Waals surface area contributed by atoms with Crippen LogP contribution in [0.15, 0.2) is 0 Å². The summed E-state index contributed by atoms with van der Waals surface area (Å²) in [5, 5.41) is 0. The number of aldehydes is 1. The number of carbonyl (C=O) groups is 2. The van der Waals surface area contributed by atoms with Gasteiger partial charge in [-0.05, 0) is 18.3 Å². The number of carbonyl (C=O) groups excluding carboxylic acids is 2. The molecule has 0 aromatic carbocycles. The minimum absolute atomic E-state index is 0.0296. The molecule has 0 spiro atoms. The topological polar surface area (TPSA) is 37.4 Å². The first-order valence-corrected chi connectivity index (χ1v) is 5.63. The van der Waals surface area contributed by atoms with Gasteiger partial charge in [-0.15, -0.1) is 0 Å². The smallest absolute Gasteiger partial charge is 0.226 e. The summed E-state index contributed by atoms with van der Waals surface area (Å²) in [6.45, 7) is 8.86. The SMILES string of the molecule is CC(C(=O)N1CCCC1C=O)C(C)(C)C. The Bertz CT molecular complexity index is 255. The Morgan fingerprint density at radius 2 is 2.07 bits per heavy atom. The van der Waals surface area contributed by atoms with E-state index in [0.29, 0.717) is 0 Å². The van der Waals surface area contributed by atoms with Crippen molar-refractivity contribution in [2.75, 3.05) is 6.54 Å². The van der Waals surface area contributed by atoms with E-state index in [1.807, 2.05) is 6.92 Å². The second kappa shape index (κ2) is 4.33. The van der Waals surface area contributed by atoms with Gasteiger partial charge in [0.2, 0.25) is 5.91 Å². The summed E-state index contributed by atoms with van der Waals surface area (Å²) in [7, 11) is 0. The fraction of sp³-hybridized carbons (Fsp3) is 0.833. The van der Waals surface area contributed by atoms with Crippen LogP contribution in [0.5, 0.6) is 0 Å². The second-order valence-electron chi connectivity index (χ2n) is 5.47. The van der Waals surface area contributed by atoms with E-state index >= 15 is 0 Å². The van der Waals surface area contributed by atoms with Gasteiger partial charge in [-0.25, -0.2) is 0 Å². The molecule has 1 amide bonds. The predicted octanol–water partition coefficient (Wildman–Crippen LogP) is 1.86. The Balaban J connectivity index is 2.72. The van der Waals surface area contributed by atoms with Crippen molar-refractivity contribution in [2.45, 2.75) is 46.6 Å². The van der Waals surface area contributed by atoms with Gasteiger partial charge in [-0.2, -0.15) is 0 Å². The summed E-state index contributed by atoms with van der Waals surface area (Å²) in [5.74, 6) is 0.0927. The van der Waals surface area contributed by atoms with E-state index in [1.54, 1.807) is 4.90 Å². The number of nitrogens with zero attached hydrogens (tertiary/aromatic N) is 1. The first kappa shape index (κ1) is 12.2. The second-order valence-corrected chi connectivity index (χ2v) is 5.47. The van der Waals surface area contributed by atoms with Crippen LogP contribution in [0.1, 0.15) is 40.5 Å². The molecule has 2 unspecified atom stereocenters. The Morgan fingerprint density at radius 1 is 1.47 bits per heavy atom. The van der Waals surface area contributed by atoms with E-state index in [2.05, 4.69) is 20.8 Å². The van der Waals surface area contributed by atoms with Crippen LogP contribution >= 0.6 is 0 Å². The molecular weight excluding hydrogens is 190 g/mol. The highest BCUT2D eigenvalue weighted by atomic mass is 16.2. The third-order valence-corrected chi connectivity index (χ3v) is 3.41. The molecule has 2 atom stereocenters. The van der Waals surface area contributed by atoms with Crippen molar-refractivity contribution >= 4 is 12.2 Å². The van der Waals surface area contributed by atoms with E-state index in [-0.39, 0.29) is 23.3 Å². The molecule has 1 heterocycles. The minimum Gasteiger partial charge on any atom is -0.333 e. The molecule has 1 saturated heterocycles. The summed E-state index contributed by atoms with van der Waals surface area (Å²) in [4.78, 5) is 24.7. The number of rotatable bonds is 2. The molecule has 86 valence electrons. The van der Waals surface area contributed by atoms with Crippen LogP contribution in [0, 0.1) is 11.3 Å². The van der Waals surface area contributed by atoms with Crippen molar-refractivity contribution in [3.8, 4) is 0 Å². The maximum atomic E-state index is 12.1. The zero-order valence-corrected chi connectivity index (χ0v) is 10.1. The molecule has 3 heteroatoms. The Hall–Kier alpha value is -0.860. The fourth-order valence-corrected chi connectivity index (χ4v) is 1.83. The standard InChI is InChI=1S/C12H21NO2/c1-9(12(2,3)4)11(15)13-7-5-6-10(13)8-14/h8-10H,5-7H2,1-4H3. The molecule has 0 aromatic heterocycles. The number of likely N-dealkylation sites (tertiary alicyclic amines) is 1. The van der Waals surface area contributed by atoms with Gasteiger partial charge in [0.15, 0.2) is 0 Å². The molecular formula is C12H21NO2. The van der Waals surface area contributed by atoms with Crippen LogP contribution in [0.2, 0.25) is 0 Å². The molecule has 0 bridgehead atoms. The maximum Gasteiger partial charge on any atom is 0.226 e. The first-order valence-electron chi connectivity index (χ1n) is 5.63. The molecule has 0 saturated carbocycles. The van der Waals surface area contributed by atoms with Crippen molar-refractivity contribution in [1.82, 2.24) is 4.90 Å². The molecule has 0 N–H and O–H groups in total. The van der Waals surface area contributed by atoms with E-state index < -0.39 is 0 Å². The summed E-state index contributed by atoms with van der Waals surface area (Å²) in [6, 6.07) is -0.178. The minimum atomic E-state index is -0.178. The van der Waals surface area contributed by atoms with E-state index in [0.717, 1.165) is 25.7 Å². The Kier molecular flexibility index (Phi) is 3.53. The lowest BCUT2D eigenvalue weighted by Crippen LogP contribution is -2.43. The van der Waals surface area contributed by atoms with Gasteiger partial charge in [0, 0.05) is 12.5 Å². The lowest BCUT2D eigenvalue weighted by molar-refractivity contribution is -0.140. The number of hydrogen-bond donors (Lipinski definition) is 0. The zero-order valence-electron chi connectivity index (χ0n) is 10.1. The molecule has 0 aliphatic carbocycles. The fourth-order valence-electron chi connectivity index (χ4n) is 1.83. The van der Waals surface area contributed by atoms with Crippen molar-refractivity contribution in [2.24, 2.45) is 11.3 Å². The molecule has 1 aliphatic heterocycles. The molecule has 1 aliphatic rings. The van der Waals surface area contributed by atoms with Gasteiger partial charge in [0.25, 0.3) is 0 Å². The highest BCUT2D eigenvalue weighted by Crippen LogP contribution is 2.29. The number of amides is 1. The van der Waals surface area contributed by atoms with Crippen LogP contribution in [0.25, 0.3) is 0 Å². The van der Waals surface area contributed by atoms with Crippen LogP contribution in [-0.2, 0) is 9.59 Å². The summed E-state index contributed by atoms with van der Waals surface area (Å²) in [6.07, 6.45) is 2.68. The van der Waals surface area contributed by atoms with Crippen molar-refractivity contribution in [3.63, 3.8) is 0 Å². The van der Waals surface area contributed by atoms with Gasteiger partial charge < -0.3 is 9.69 Å². The van der Waals surface area contributed by atoms with Crippen LogP contribution < -0.4 is 0 Å². The summed E-state index contributed by atoms with van der Waals surface area (Å²) in [5.41, 5.74) is -0.0346. The van der Waals surface area contributed by atoms with Gasteiger partial charge in [-0.3, -0.25) is 4.79 Å². The van der Waals surface area contributed by atoms with E-state index in [4.69, 9.17) is 0 Å². The normalized spacial score (nSPS) is 24.0. The predicted molar refractivity (Wildman–Crippen MR) is 59.4 cm³/mol. The monoisotopic (exact) mass is 211 g/mol. The Labute approximate surface area is 91.8 Å². The third kappa shape index (κ3) is 2.58. The molecule has 0 radical (unpaired) electrons. The summed E-state index contributed by atoms with van der Waals surface area (Å²) >= 11 is 0. The van der Waals surface area contributed by atoms with Crippen molar-refractivity contribution < 1.29 is 9.59 Å².